The van der Waals surface area contributed by atoms with E-state index in [1.54, 1.807) is 4.90 Å². The second-order valence-electron chi connectivity index (χ2n) is 2.72. The number of ether oxygens (including phenoxy) is 1. The van der Waals surface area contributed by atoms with Gasteiger partial charge in [-0.15, -0.1) is 0 Å². The van der Waals surface area contributed by atoms with E-state index < -0.39 is 6.29 Å². The molecule has 1 heterocycles. The monoisotopic (exact) mass is 186 g/mol. The van der Waals surface area contributed by atoms with Crippen LogP contribution in [0.3, 0.4) is 0 Å². The quantitative estimate of drug-likeness (QED) is 0.451. The van der Waals surface area contributed by atoms with E-state index in [1.165, 1.54) is 6.08 Å². The van der Waals surface area contributed by atoms with Gasteiger partial charge in [0.05, 0.1) is 6.61 Å². The van der Waals surface area contributed by atoms with Crippen molar-refractivity contribution in [2.75, 3.05) is 26.2 Å². The number of carbonyl (C=O) groups is 1. The topological polar surface area (TPSA) is 61.8 Å². The first-order valence-electron chi connectivity index (χ1n) is 4.19. The van der Waals surface area contributed by atoms with Crippen molar-refractivity contribution >= 4 is 6.03 Å². The second kappa shape index (κ2) is 4.84. The third-order valence-electron chi connectivity index (χ3n) is 1.80. The van der Waals surface area contributed by atoms with E-state index in [2.05, 4.69) is 11.9 Å². The fourth-order valence-corrected chi connectivity index (χ4v) is 1.08. The molecule has 1 rings (SSSR count). The van der Waals surface area contributed by atoms with Gasteiger partial charge in [0, 0.05) is 19.6 Å². The Bertz CT molecular complexity index is 196. The molecule has 13 heavy (non-hydrogen) atoms. The number of carbonyl (C=O) groups excluding carboxylic acids is 1. The Hall–Kier alpha value is -1.07. The molecule has 5 nitrogen and oxygen atoms in total. The number of hydrogen-bond acceptors (Lipinski definition) is 3. The van der Waals surface area contributed by atoms with Crippen molar-refractivity contribution in [2.45, 2.75) is 6.29 Å². The molecule has 0 bridgehead atoms. The van der Waals surface area contributed by atoms with Gasteiger partial charge in [0.25, 0.3) is 0 Å². The lowest BCUT2D eigenvalue weighted by molar-refractivity contribution is -0.0663. The lowest BCUT2D eigenvalue weighted by Crippen LogP contribution is -2.32. The summed E-state index contributed by atoms with van der Waals surface area (Å²) in [6.07, 6.45) is 0.356. The zero-order valence-electron chi connectivity index (χ0n) is 7.40. The zero-order valence-corrected chi connectivity index (χ0v) is 7.40. The maximum absolute atomic E-state index is 11.0. The molecule has 2 N–H and O–H groups in total. The number of urea groups is 1. The SMILES string of the molecule is C=CC(O)OCCN1CCNC1=O. The fraction of sp³-hybridized carbons (Fsp3) is 0.625. The maximum Gasteiger partial charge on any atom is 0.317 e. The van der Waals surface area contributed by atoms with Crippen LogP contribution in [0.2, 0.25) is 0 Å². The zero-order chi connectivity index (χ0) is 9.68. The van der Waals surface area contributed by atoms with E-state index in [4.69, 9.17) is 9.84 Å². The summed E-state index contributed by atoms with van der Waals surface area (Å²) in [6.45, 7) is 5.56. The summed E-state index contributed by atoms with van der Waals surface area (Å²) in [4.78, 5) is 12.6. The van der Waals surface area contributed by atoms with Crippen molar-refractivity contribution in [1.82, 2.24) is 10.2 Å². The molecule has 5 heteroatoms. The Morgan fingerprint density at radius 1 is 1.85 bits per heavy atom. The highest BCUT2D eigenvalue weighted by Gasteiger charge is 2.18. The summed E-state index contributed by atoms with van der Waals surface area (Å²) in [6, 6.07) is -0.0725. The van der Waals surface area contributed by atoms with Gasteiger partial charge < -0.3 is 20.1 Å². The molecule has 0 aliphatic carbocycles. The molecule has 0 saturated carbocycles. The van der Waals surface area contributed by atoms with E-state index in [1.807, 2.05) is 0 Å². The van der Waals surface area contributed by atoms with Gasteiger partial charge in [-0.1, -0.05) is 6.58 Å². The van der Waals surface area contributed by atoms with Crippen LogP contribution in [-0.4, -0.2) is 48.6 Å². The number of amides is 2. The normalized spacial score (nSPS) is 18.5. The van der Waals surface area contributed by atoms with Crippen LogP contribution < -0.4 is 5.32 Å². The summed E-state index contributed by atoms with van der Waals surface area (Å²) in [5, 5.41) is 11.6. The van der Waals surface area contributed by atoms with Gasteiger partial charge in [-0.2, -0.15) is 0 Å². The van der Waals surface area contributed by atoms with Gasteiger partial charge in [0.2, 0.25) is 0 Å². The lowest BCUT2D eigenvalue weighted by atomic mass is 10.5. The third-order valence-corrected chi connectivity index (χ3v) is 1.80. The first kappa shape index (κ1) is 10.0. The number of nitrogens with one attached hydrogen (secondary N) is 1. The molecule has 0 radical (unpaired) electrons. The molecular weight excluding hydrogens is 172 g/mol. The first-order valence-corrected chi connectivity index (χ1v) is 4.19. The van der Waals surface area contributed by atoms with Crippen molar-refractivity contribution in [3.63, 3.8) is 0 Å². The van der Waals surface area contributed by atoms with Crippen molar-refractivity contribution in [1.29, 1.82) is 0 Å². The lowest BCUT2D eigenvalue weighted by Gasteiger charge is -2.14. The van der Waals surface area contributed by atoms with Crippen LogP contribution >= 0.6 is 0 Å². The van der Waals surface area contributed by atoms with Gasteiger partial charge in [-0.3, -0.25) is 0 Å². The van der Waals surface area contributed by atoms with Gasteiger partial charge in [-0.05, 0) is 6.08 Å². The predicted molar refractivity (Wildman–Crippen MR) is 47.1 cm³/mol. The molecule has 1 atom stereocenters. The first-order chi connectivity index (χ1) is 6.24. The van der Waals surface area contributed by atoms with Crippen LogP contribution in [-0.2, 0) is 4.74 Å². The molecule has 0 aromatic heterocycles. The summed E-state index contributed by atoms with van der Waals surface area (Å²) >= 11 is 0. The number of aliphatic hydroxyl groups excluding tert-OH is 1. The molecule has 1 fully saturated rings. The fourth-order valence-electron chi connectivity index (χ4n) is 1.08. The standard InChI is InChI=1S/C8H14N2O3/c1-2-7(11)13-6-5-10-4-3-9-8(10)12/h2,7,11H,1,3-6H2,(H,9,12). The summed E-state index contributed by atoms with van der Waals surface area (Å²) in [5.74, 6) is 0. The highest BCUT2D eigenvalue weighted by atomic mass is 16.6. The summed E-state index contributed by atoms with van der Waals surface area (Å²) in [5.41, 5.74) is 0. The molecule has 0 aromatic carbocycles. The molecule has 1 saturated heterocycles. The van der Waals surface area contributed by atoms with Crippen LogP contribution in [0.25, 0.3) is 0 Å². The van der Waals surface area contributed by atoms with E-state index in [0.717, 1.165) is 0 Å². The minimum atomic E-state index is -0.939. The van der Waals surface area contributed by atoms with E-state index in [-0.39, 0.29) is 6.03 Å². The van der Waals surface area contributed by atoms with Crippen LogP contribution in [0.1, 0.15) is 0 Å². The molecular formula is C8H14N2O3. The molecule has 2 amide bonds. The molecule has 1 unspecified atom stereocenters. The molecule has 0 aromatic rings. The van der Waals surface area contributed by atoms with Crippen molar-refractivity contribution in [3.8, 4) is 0 Å². The van der Waals surface area contributed by atoms with Crippen molar-refractivity contribution in [3.05, 3.63) is 12.7 Å². The summed E-state index contributed by atoms with van der Waals surface area (Å²) in [7, 11) is 0. The number of nitrogens with zero attached hydrogens (tertiary/aromatic N) is 1. The number of rotatable bonds is 5. The van der Waals surface area contributed by atoms with Gasteiger partial charge in [-0.25, -0.2) is 4.79 Å². The maximum atomic E-state index is 11.0. The van der Waals surface area contributed by atoms with Crippen molar-refractivity contribution in [2.24, 2.45) is 0 Å². The Balaban J connectivity index is 2.11. The average Bonchev–Trinajstić information content (AvgIpc) is 2.52. The smallest absolute Gasteiger partial charge is 0.317 e. The predicted octanol–water partition coefficient (Wildman–Crippen LogP) is -0.467. The van der Waals surface area contributed by atoms with Gasteiger partial charge in [0.1, 0.15) is 0 Å². The van der Waals surface area contributed by atoms with Crippen LogP contribution in [0.5, 0.6) is 0 Å². The Kier molecular flexibility index (Phi) is 3.72. The number of hydrogen-bond donors (Lipinski definition) is 2. The van der Waals surface area contributed by atoms with E-state index in [0.29, 0.717) is 26.2 Å². The highest BCUT2D eigenvalue weighted by Crippen LogP contribution is 1.96. The Morgan fingerprint density at radius 2 is 2.62 bits per heavy atom. The largest absolute Gasteiger partial charge is 0.365 e. The van der Waals surface area contributed by atoms with E-state index in [9.17, 15) is 4.79 Å². The third kappa shape index (κ3) is 3.04. The van der Waals surface area contributed by atoms with Crippen LogP contribution in [0, 0.1) is 0 Å². The molecule has 1 aliphatic heterocycles. The molecule has 1 aliphatic rings. The minimum Gasteiger partial charge on any atom is -0.365 e. The molecule has 0 spiro atoms. The highest BCUT2D eigenvalue weighted by molar-refractivity contribution is 5.76. The average molecular weight is 186 g/mol. The van der Waals surface area contributed by atoms with Gasteiger partial charge >= 0.3 is 6.03 Å². The number of aliphatic hydroxyl groups is 1. The van der Waals surface area contributed by atoms with E-state index >= 15 is 0 Å². The Labute approximate surface area is 77.0 Å². The minimum absolute atomic E-state index is 0.0725. The van der Waals surface area contributed by atoms with Crippen molar-refractivity contribution < 1.29 is 14.6 Å². The Morgan fingerprint density at radius 3 is 3.15 bits per heavy atom. The van der Waals surface area contributed by atoms with Gasteiger partial charge in [0.15, 0.2) is 6.29 Å². The van der Waals surface area contributed by atoms with Crippen LogP contribution in [0.15, 0.2) is 12.7 Å². The summed E-state index contributed by atoms with van der Waals surface area (Å²) < 4.78 is 4.92. The van der Waals surface area contributed by atoms with Crippen LogP contribution in [0.4, 0.5) is 4.79 Å². The molecule has 74 valence electrons. The second-order valence-corrected chi connectivity index (χ2v) is 2.72.